The summed E-state index contributed by atoms with van der Waals surface area (Å²) in [6.45, 7) is 0. The summed E-state index contributed by atoms with van der Waals surface area (Å²) in [4.78, 5) is 21.8. The lowest BCUT2D eigenvalue weighted by atomic mass is 10.2. The van der Waals surface area contributed by atoms with Crippen molar-refractivity contribution in [2.24, 2.45) is 0 Å². The second-order valence-corrected chi connectivity index (χ2v) is 4.03. The molecule has 1 fully saturated rings. The number of halogens is 3. The average molecular weight is 243 g/mol. The van der Waals surface area contributed by atoms with Crippen molar-refractivity contribution in [2.75, 3.05) is 11.6 Å². The molecule has 86 valence electrons. The highest BCUT2D eigenvalue weighted by Gasteiger charge is 2.46. The number of carboxylic acid groups (broad SMARTS) is 1. The minimum Gasteiger partial charge on any atom is -0.480 e. The molecule has 0 aromatic heterocycles. The van der Waals surface area contributed by atoms with Gasteiger partial charge in [-0.3, -0.25) is 4.79 Å². The molecule has 1 unspecified atom stereocenters. The van der Waals surface area contributed by atoms with E-state index in [0.29, 0.717) is 10.7 Å². The van der Waals surface area contributed by atoms with Gasteiger partial charge in [0.15, 0.2) is 0 Å². The van der Waals surface area contributed by atoms with Crippen LogP contribution in [-0.2, 0) is 9.59 Å². The fraction of sp³-hybridized carbons (Fsp3) is 0.714. The number of carboxylic acids is 1. The topological polar surface area (TPSA) is 57.6 Å². The van der Waals surface area contributed by atoms with Gasteiger partial charge >= 0.3 is 18.1 Å². The van der Waals surface area contributed by atoms with Crippen LogP contribution in [0, 0.1) is 0 Å². The van der Waals surface area contributed by atoms with Crippen molar-refractivity contribution in [3.63, 3.8) is 0 Å². The number of carbonyl (C=O) groups is 2. The molecule has 15 heavy (non-hydrogen) atoms. The molecule has 8 heteroatoms. The molecule has 0 radical (unpaired) electrons. The van der Waals surface area contributed by atoms with E-state index in [1.165, 1.54) is 0 Å². The van der Waals surface area contributed by atoms with E-state index >= 15 is 0 Å². The lowest BCUT2D eigenvalue weighted by molar-refractivity contribution is -0.188. The lowest BCUT2D eigenvalue weighted by Crippen LogP contribution is -2.52. The number of rotatable bonds is 1. The summed E-state index contributed by atoms with van der Waals surface area (Å²) in [6.07, 6.45) is -4.96. The average Bonchev–Trinajstić information content (AvgIpc) is 2.15. The predicted octanol–water partition coefficient (Wildman–Crippen LogP) is 0.925. The fourth-order valence-electron chi connectivity index (χ4n) is 1.22. The van der Waals surface area contributed by atoms with Crippen molar-refractivity contribution >= 4 is 23.6 Å². The molecular weight excluding hydrogens is 235 g/mol. The number of amides is 1. The Morgan fingerprint density at radius 3 is 2.47 bits per heavy atom. The van der Waals surface area contributed by atoms with Gasteiger partial charge in [0, 0.05) is 0 Å². The zero-order valence-corrected chi connectivity index (χ0v) is 8.27. The van der Waals surface area contributed by atoms with Crippen molar-refractivity contribution in [1.82, 2.24) is 4.90 Å². The normalized spacial score (nSPS) is 22.6. The van der Waals surface area contributed by atoms with Crippen LogP contribution in [0.2, 0.25) is 0 Å². The van der Waals surface area contributed by atoms with Crippen molar-refractivity contribution in [2.45, 2.75) is 18.6 Å². The summed E-state index contributed by atoms with van der Waals surface area (Å²) in [6, 6.07) is -1.36. The van der Waals surface area contributed by atoms with Gasteiger partial charge in [0.1, 0.15) is 6.04 Å². The van der Waals surface area contributed by atoms with Gasteiger partial charge in [-0.2, -0.15) is 13.2 Å². The number of alkyl halides is 3. The van der Waals surface area contributed by atoms with Gasteiger partial charge in [-0.15, -0.1) is 11.8 Å². The van der Waals surface area contributed by atoms with E-state index in [2.05, 4.69) is 0 Å². The van der Waals surface area contributed by atoms with Crippen molar-refractivity contribution in [3.8, 4) is 0 Å². The molecule has 1 amide bonds. The first-order valence-corrected chi connectivity index (χ1v) is 5.18. The lowest BCUT2D eigenvalue weighted by Gasteiger charge is -2.32. The zero-order chi connectivity index (χ0) is 11.6. The second-order valence-electron chi connectivity index (χ2n) is 2.95. The van der Waals surface area contributed by atoms with Gasteiger partial charge in [-0.25, -0.2) is 4.79 Å². The monoisotopic (exact) mass is 243 g/mol. The van der Waals surface area contributed by atoms with E-state index in [9.17, 15) is 22.8 Å². The molecule has 1 heterocycles. The van der Waals surface area contributed by atoms with Gasteiger partial charge in [0.05, 0.1) is 5.88 Å². The Hall–Kier alpha value is -0.920. The third-order valence-corrected chi connectivity index (χ3v) is 2.92. The Morgan fingerprint density at radius 1 is 1.40 bits per heavy atom. The van der Waals surface area contributed by atoms with Gasteiger partial charge in [-0.05, 0) is 12.2 Å². The molecule has 0 spiro atoms. The first kappa shape index (κ1) is 12.2. The highest BCUT2D eigenvalue weighted by Crippen LogP contribution is 2.26. The Balaban J connectivity index is 2.81. The van der Waals surface area contributed by atoms with Crippen LogP contribution < -0.4 is 0 Å². The highest BCUT2D eigenvalue weighted by molar-refractivity contribution is 7.99. The first-order chi connectivity index (χ1) is 6.84. The molecule has 0 aromatic carbocycles. The van der Waals surface area contributed by atoms with E-state index in [1.807, 2.05) is 0 Å². The summed E-state index contributed by atoms with van der Waals surface area (Å²) >= 11 is 1.11. The Kier molecular flexibility index (Phi) is 3.48. The molecule has 0 saturated carbocycles. The van der Waals surface area contributed by atoms with Crippen LogP contribution in [0.25, 0.3) is 0 Å². The van der Waals surface area contributed by atoms with Crippen molar-refractivity contribution in [3.05, 3.63) is 0 Å². The van der Waals surface area contributed by atoms with Crippen LogP contribution >= 0.6 is 11.8 Å². The molecule has 1 rings (SSSR count). The van der Waals surface area contributed by atoms with E-state index in [0.717, 1.165) is 11.8 Å². The number of nitrogens with zero attached hydrogens (tertiary/aromatic N) is 1. The summed E-state index contributed by atoms with van der Waals surface area (Å²) in [7, 11) is 0. The molecule has 1 aliphatic heterocycles. The van der Waals surface area contributed by atoms with Crippen molar-refractivity contribution < 1.29 is 27.9 Å². The largest absolute Gasteiger partial charge is 0.480 e. The quantitative estimate of drug-likeness (QED) is 0.744. The van der Waals surface area contributed by atoms with Crippen LogP contribution in [0.1, 0.15) is 6.42 Å². The minimum absolute atomic E-state index is 0.0435. The number of carbonyl (C=O) groups excluding carboxylic acids is 1. The number of aliphatic carboxylic acids is 1. The Bertz CT molecular complexity index is 281. The highest BCUT2D eigenvalue weighted by atomic mass is 32.2. The Morgan fingerprint density at radius 2 is 2.00 bits per heavy atom. The van der Waals surface area contributed by atoms with E-state index in [-0.39, 0.29) is 12.3 Å². The maximum absolute atomic E-state index is 12.1. The van der Waals surface area contributed by atoms with Crippen molar-refractivity contribution in [1.29, 1.82) is 0 Å². The minimum atomic E-state index is -5.01. The van der Waals surface area contributed by atoms with Crippen LogP contribution in [-0.4, -0.2) is 45.7 Å². The molecule has 0 bridgehead atoms. The molecule has 0 aromatic rings. The van der Waals surface area contributed by atoms with Gasteiger partial charge in [0.2, 0.25) is 0 Å². The van der Waals surface area contributed by atoms with Gasteiger partial charge in [0.25, 0.3) is 0 Å². The molecule has 1 atom stereocenters. The van der Waals surface area contributed by atoms with E-state index < -0.39 is 24.1 Å². The van der Waals surface area contributed by atoms with E-state index in [4.69, 9.17) is 5.11 Å². The number of hydrogen-bond acceptors (Lipinski definition) is 3. The standard InChI is InChI=1S/C7H8F3NO3S/c8-7(9,10)6(14)11-3-15-2-1-4(11)5(12)13/h4H,1-3H2,(H,12,13). The van der Waals surface area contributed by atoms with Crippen LogP contribution in [0.3, 0.4) is 0 Å². The molecule has 1 saturated heterocycles. The predicted molar refractivity (Wildman–Crippen MR) is 46.3 cm³/mol. The Labute approximate surface area is 87.4 Å². The summed E-state index contributed by atoms with van der Waals surface area (Å²) in [5.41, 5.74) is 0. The van der Waals surface area contributed by atoms with Gasteiger partial charge in [-0.1, -0.05) is 0 Å². The molecular formula is C7H8F3NO3S. The maximum atomic E-state index is 12.1. The summed E-state index contributed by atoms with van der Waals surface area (Å²) in [5.74, 6) is -3.26. The molecule has 4 nitrogen and oxygen atoms in total. The first-order valence-electron chi connectivity index (χ1n) is 4.02. The second kappa shape index (κ2) is 4.30. The van der Waals surface area contributed by atoms with Crippen LogP contribution in [0.5, 0.6) is 0 Å². The molecule has 1 aliphatic rings. The summed E-state index contributed by atoms with van der Waals surface area (Å²) < 4.78 is 36.2. The third-order valence-electron chi connectivity index (χ3n) is 1.93. The number of hydrogen-bond donors (Lipinski definition) is 1. The molecule has 1 N–H and O–H groups in total. The molecule has 0 aliphatic carbocycles. The summed E-state index contributed by atoms with van der Waals surface area (Å²) in [5, 5.41) is 8.65. The smallest absolute Gasteiger partial charge is 0.471 e. The SMILES string of the molecule is O=C(O)C1CCSCN1C(=O)C(F)(F)F. The van der Waals surface area contributed by atoms with Crippen LogP contribution in [0.4, 0.5) is 13.2 Å². The third kappa shape index (κ3) is 2.77. The number of thioether (sulfide) groups is 1. The van der Waals surface area contributed by atoms with E-state index in [1.54, 1.807) is 0 Å². The zero-order valence-electron chi connectivity index (χ0n) is 7.45. The van der Waals surface area contributed by atoms with Crippen LogP contribution in [0.15, 0.2) is 0 Å². The maximum Gasteiger partial charge on any atom is 0.471 e. The van der Waals surface area contributed by atoms with Gasteiger partial charge < -0.3 is 10.0 Å². The fourth-order valence-corrected chi connectivity index (χ4v) is 2.24.